The molecule has 2 atom stereocenters. The fraction of sp³-hybridized carbons (Fsp3) is 0.250. The third-order valence-electron chi connectivity index (χ3n) is 3.82. The SMILES string of the molecule is CN1c2ccccc2C=NCC1C(N)C(=O)c1cccs1. The van der Waals surface area contributed by atoms with Gasteiger partial charge in [-0.3, -0.25) is 9.79 Å². The number of benzene rings is 1. The van der Waals surface area contributed by atoms with Crippen molar-refractivity contribution in [2.24, 2.45) is 10.7 Å². The highest BCUT2D eigenvalue weighted by atomic mass is 32.1. The van der Waals surface area contributed by atoms with Crippen LogP contribution in [0.25, 0.3) is 0 Å². The number of thiophene rings is 1. The van der Waals surface area contributed by atoms with E-state index in [-0.39, 0.29) is 11.8 Å². The van der Waals surface area contributed by atoms with E-state index in [0.29, 0.717) is 11.4 Å². The number of para-hydroxylation sites is 1. The van der Waals surface area contributed by atoms with Gasteiger partial charge in [0.2, 0.25) is 0 Å². The molecule has 108 valence electrons. The van der Waals surface area contributed by atoms with E-state index in [1.165, 1.54) is 11.3 Å². The predicted octanol–water partition coefficient (Wildman–Crippen LogP) is 2.20. The molecule has 2 unspecified atom stereocenters. The minimum atomic E-state index is -0.586. The van der Waals surface area contributed by atoms with Gasteiger partial charge in [-0.15, -0.1) is 11.3 Å². The van der Waals surface area contributed by atoms with E-state index < -0.39 is 6.04 Å². The molecule has 5 heteroatoms. The predicted molar refractivity (Wildman–Crippen MR) is 87.7 cm³/mol. The first-order valence-corrected chi connectivity index (χ1v) is 7.71. The minimum absolute atomic E-state index is 0.0172. The van der Waals surface area contributed by atoms with E-state index in [4.69, 9.17) is 5.73 Å². The molecule has 1 aromatic carbocycles. The number of carbonyl (C=O) groups excluding carboxylic acids is 1. The second kappa shape index (κ2) is 5.79. The smallest absolute Gasteiger partial charge is 0.191 e. The molecule has 0 bridgehead atoms. The molecule has 1 aromatic heterocycles. The number of carbonyl (C=O) groups is 1. The number of anilines is 1. The molecule has 2 N–H and O–H groups in total. The first-order chi connectivity index (χ1) is 10.2. The van der Waals surface area contributed by atoms with Crippen LogP contribution in [0.4, 0.5) is 5.69 Å². The lowest BCUT2D eigenvalue weighted by Crippen LogP contribution is -2.52. The molecule has 0 radical (unpaired) electrons. The number of nitrogens with two attached hydrogens (primary N) is 1. The topological polar surface area (TPSA) is 58.7 Å². The highest BCUT2D eigenvalue weighted by molar-refractivity contribution is 7.12. The summed E-state index contributed by atoms with van der Waals surface area (Å²) in [6.45, 7) is 0.517. The van der Waals surface area contributed by atoms with Crippen LogP contribution in [-0.4, -0.2) is 37.7 Å². The largest absolute Gasteiger partial charge is 0.367 e. The molecule has 0 saturated carbocycles. The van der Waals surface area contributed by atoms with Gasteiger partial charge in [0.15, 0.2) is 5.78 Å². The summed E-state index contributed by atoms with van der Waals surface area (Å²) >= 11 is 1.43. The zero-order valence-electron chi connectivity index (χ0n) is 11.8. The molecule has 0 spiro atoms. The lowest BCUT2D eigenvalue weighted by molar-refractivity contribution is 0.0954. The van der Waals surface area contributed by atoms with Crippen LogP contribution in [0.15, 0.2) is 46.8 Å². The van der Waals surface area contributed by atoms with Crippen molar-refractivity contribution in [3.63, 3.8) is 0 Å². The number of benzodiazepines with no additional fused rings is 1. The first-order valence-electron chi connectivity index (χ1n) is 6.83. The van der Waals surface area contributed by atoms with Crippen molar-refractivity contribution in [2.45, 2.75) is 12.1 Å². The van der Waals surface area contributed by atoms with Crippen LogP contribution in [0.5, 0.6) is 0 Å². The lowest BCUT2D eigenvalue weighted by Gasteiger charge is -2.32. The zero-order valence-corrected chi connectivity index (χ0v) is 12.6. The normalized spacial score (nSPS) is 19.0. The Morgan fingerprint density at radius 1 is 1.38 bits per heavy atom. The summed E-state index contributed by atoms with van der Waals surface area (Å²) in [5.74, 6) is -0.0172. The van der Waals surface area contributed by atoms with Gasteiger partial charge >= 0.3 is 0 Å². The number of nitrogens with zero attached hydrogens (tertiary/aromatic N) is 2. The number of aliphatic imine (C=N–C) groups is 1. The van der Waals surface area contributed by atoms with Crippen molar-refractivity contribution in [1.82, 2.24) is 0 Å². The maximum absolute atomic E-state index is 12.5. The van der Waals surface area contributed by atoms with Crippen molar-refractivity contribution >= 4 is 29.0 Å². The Balaban J connectivity index is 1.89. The second-order valence-corrected chi connectivity index (χ2v) is 6.05. The summed E-state index contributed by atoms with van der Waals surface area (Å²) in [6, 6.07) is 11.0. The molecule has 0 fully saturated rings. The van der Waals surface area contributed by atoms with Crippen LogP contribution in [0, 0.1) is 0 Å². The number of rotatable bonds is 3. The Bertz CT molecular complexity index is 666. The molecule has 0 saturated heterocycles. The summed E-state index contributed by atoms with van der Waals surface area (Å²) in [4.78, 5) is 19.7. The molecule has 1 aliphatic heterocycles. The van der Waals surface area contributed by atoms with Gasteiger partial charge in [0.25, 0.3) is 0 Å². The maximum atomic E-state index is 12.5. The molecule has 21 heavy (non-hydrogen) atoms. The number of ketones is 1. The van der Waals surface area contributed by atoms with E-state index in [9.17, 15) is 4.79 Å². The summed E-state index contributed by atoms with van der Waals surface area (Å²) in [5.41, 5.74) is 8.35. The number of fused-ring (bicyclic) bond motifs is 1. The summed E-state index contributed by atoms with van der Waals surface area (Å²) in [5, 5.41) is 1.89. The number of likely N-dealkylation sites (N-methyl/N-ethyl adjacent to an activating group) is 1. The van der Waals surface area contributed by atoms with Crippen LogP contribution in [-0.2, 0) is 0 Å². The molecule has 4 nitrogen and oxygen atoms in total. The quantitative estimate of drug-likeness (QED) is 0.884. The van der Waals surface area contributed by atoms with Gasteiger partial charge in [-0.1, -0.05) is 24.3 Å². The molecular weight excluding hydrogens is 282 g/mol. The van der Waals surface area contributed by atoms with Crippen LogP contribution in [0.3, 0.4) is 0 Å². The highest BCUT2D eigenvalue weighted by Gasteiger charge is 2.31. The average Bonchev–Trinajstić information content (AvgIpc) is 2.99. The van der Waals surface area contributed by atoms with Crippen molar-refractivity contribution in [1.29, 1.82) is 0 Å². The van der Waals surface area contributed by atoms with E-state index in [1.54, 1.807) is 0 Å². The Hall–Kier alpha value is -1.98. The van der Waals surface area contributed by atoms with E-state index in [1.807, 2.05) is 55.0 Å². The molecule has 2 aromatic rings. The van der Waals surface area contributed by atoms with Crippen molar-refractivity contribution < 1.29 is 4.79 Å². The van der Waals surface area contributed by atoms with E-state index in [2.05, 4.69) is 9.89 Å². The molecule has 0 aliphatic carbocycles. The monoisotopic (exact) mass is 299 g/mol. The Labute approximate surface area is 127 Å². The molecule has 1 aliphatic rings. The highest BCUT2D eigenvalue weighted by Crippen LogP contribution is 2.24. The van der Waals surface area contributed by atoms with Crippen molar-refractivity contribution in [2.75, 3.05) is 18.5 Å². The van der Waals surface area contributed by atoms with Crippen LogP contribution >= 0.6 is 11.3 Å². The summed E-state index contributed by atoms with van der Waals surface area (Å²) in [7, 11) is 1.97. The Morgan fingerprint density at radius 3 is 2.95 bits per heavy atom. The molecule has 3 rings (SSSR count). The molecule has 2 heterocycles. The third kappa shape index (κ3) is 2.62. The van der Waals surface area contributed by atoms with Crippen LogP contribution in [0.2, 0.25) is 0 Å². The van der Waals surface area contributed by atoms with Gasteiger partial charge < -0.3 is 10.6 Å². The maximum Gasteiger partial charge on any atom is 0.191 e. The van der Waals surface area contributed by atoms with Gasteiger partial charge in [-0.25, -0.2) is 0 Å². The average molecular weight is 299 g/mol. The summed E-state index contributed by atoms with van der Waals surface area (Å²) in [6.07, 6.45) is 1.86. The lowest BCUT2D eigenvalue weighted by atomic mass is 10.0. The fourth-order valence-electron chi connectivity index (χ4n) is 2.59. The van der Waals surface area contributed by atoms with Crippen molar-refractivity contribution in [3.05, 3.63) is 52.2 Å². The Morgan fingerprint density at radius 2 is 2.19 bits per heavy atom. The molecule has 0 amide bonds. The standard InChI is InChI=1S/C16H17N3OS/c1-19-12-6-3-2-5-11(12)9-18-10-13(19)15(17)16(20)14-7-4-8-21-14/h2-9,13,15H,10,17H2,1H3. The number of hydrogen-bond acceptors (Lipinski definition) is 5. The summed E-state index contributed by atoms with van der Waals surface area (Å²) < 4.78 is 0. The van der Waals surface area contributed by atoms with Gasteiger partial charge in [0.1, 0.15) is 0 Å². The second-order valence-electron chi connectivity index (χ2n) is 5.10. The van der Waals surface area contributed by atoms with Gasteiger partial charge in [0, 0.05) is 24.5 Å². The van der Waals surface area contributed by atoms with E-state index in [0.717, 1.165) is 11.3 Å². The van der Waals surface area contributed by atoms with Crippen LogP contribution in [0.1, 0.15) is 15.2 Å². The first kappa shape index (κ1) is 14.0. The third-order valence-corrected chi connectivity index (χ3v) is 4.70. The number of hydrogen-bond donors (Lipinski definition) is 1. The minimum Gasteiger partial charge on any atom is -0.367 e. The van der Waals surface area contributed by atoms with Crippen molar-refractivity contribution in [3.8, 4) is 0 Å². The van der Waals surface area contributed by atoms with Gasteiger partial charge in [-0.2, -0.15) is 0 Å². The van der Waals surface area contributed by atoms with E-state index >= 15 is 0 Å². The number of Topliss-reactive ketones (excluding diaryl/α,β-unsaturated/α-hetero) is 1. The van der Waals surface area contributed by atoms with Gasteiger partial charge in [-0.05, 0) is 17.5 Å². The Kier molecular flexibility index (Phi) is 3.86. The fourth-order valence-corrected chi connectivity index (χ4v) is 3.30. The zero-order chi connectivity index (χ0) is 14.8. The van der Waals surface area contributed by atoms with Gasteiger partial charge in [0.05, 0.1) is 23.5 Å². The molecular formula is C16H17N3OS. The van der Waals surface area contributed by atoms with Crippen LogP contribution < -0.4 is 10.6 Å².